The lowest BCUT2D eigenvalue weighted by molar-refractivity contribution is -0.117. The Morgan fingerprint density at radius 2 is 2.10 bits per heavy atom. The Labute approximate surface area is 124 Å². The Bertz CT molecular complexity index is 526. The molecule has 0 spiro atoms. The first-order valence-electron chi connectivity index (χ1n) is 6.26. The second-order valence-electron chi connectivity index (χ2n) is 4.33. The molecule has 2 rings (SSSR count). The summed E-state index contributed by atoms with van der Waals surface area (Å²) in [6.45, 7) is 2.00. The Balaban J connectivity index is 0.00000200. The van der Waals surface area contributed by atoms with Gasteiger partial charge in [-0.25, -0.2) is 4.98 Å². The van der Waals surface area contributed by atoms with E-state index in [1.54, 1.807) is 6.20 Å². The van der Waals surface area contributed by atoms with Crippen molar-refractivity contribution in [3.63, 3.8) is 0 Å². The van der Waals surface area contributed by atoms with Gasteiger partial charge in [0.1, 0.15) is 0 Å². The highest BCUT2D eigenvalue weighted by atomic mass is 35.5. The lowest BCUT2D eigenvalue weighted by atomic mass is 10.1. The van der Waals surface area contributed by atoms with Crippen molar-refractivity contribution in [2.45, 2.75) is 25.8 Å². The zero-order chi connectivity index (χ0) is 13.7. The number of anilines is 1. The van der Waals surface area contributed by atoms with Crippen molar-refractivity contribution in [1.29, 1.82) is 0 Å². The standard InChI is InChI=1S/C14H17N3O2.ClH/c1-2-3-12(15)14(18)17-11-6-4-10(5-7-11)13-8-16-9-19-13;/h4-9,12H,2-3,15H2,1H3,(H,17,18);1H. The largest absolute Gasteiger partial charge is 0.444 e. The molecule has 20 heavy (non-hydrogen) atoms. The van der Waals surface area contributed by atoms with E-state index >= 15 is 0 Å². The van der Waals surface area contributed by atoms with Crippen LogP contribution in [-0.2, 0) is 4.79 Å². The molecule has 6 heteroatoms. The number of carbonyl (C=O) groups excluding carboxylic acids is 1. The van der Waals surface area contributed by atoms with Crippen LogP contribution in [-0.4, -0.2) is 16.9 Å². The van der Waals surface area contributed by atoms with Crippen molar-refractivity contribution in [3.8, 4) is 11.3 Å². The van der Waals surface area contributed by atoms with Gasteiger partial charge in [0.25, 0.3) is 0 Å². The maximum absolute atomic E-state index is 11.8. The van der Waals surface area contributed by atoms with Crippen LogP contribution in [0.2, 0.25) is 0 Å². The maximum atomic E-state index is 11.8. The number of benzene rings is 1. The molecule has 0 aliphatic heterocycles. The normalized spacial score (nSPS) is 11.5. The van der Waals surface area contributed by atoms with Crippen LogP contribution >= 0.6 is 12.4 Å². The molecule has 0 saturated carbocycles. The van der Waals surface area contributed by atoms with E-state index in [4.69, 9.17) is 10.2 Å². The van der Waals surface area contributed by atoms with Crippen molar-refractivity contribution in [3.05, 3.63) is 36.9 Å². The van der Waals surface area contributed by atoms with E-state index in [0.717, 1.165) is 17.7 Å². The van der Waals surface area contributed by atoms with E-state index < -0.39 is 6.04 Å². The van der Waals surface area contributed by atoms with Gasteiger partial charge in [0.15, 0.2) is 12.2 Å². The van der Waals surface area contributed by atoms with Crippen LogP contribution in [0.1, 0.15) is 19.8 Å². The SMILES string of the molecule is CCCC(N)C(=O)Nc1ccc(-c2cnco2)cc1.Cl. The van der Waals surface area contributed by atoms with Crippen LogP contribution < -0.4 is 11.1 Å². The minimum atomic E-state index is -0.459. The monoisotopic (exact) mass is 295 g/mol. The summed E-state index contributed by atoms with van der Waals surface area (Å²) in [4.78, 5) is 15.6. The van der Waals surface area contributed by atoms with E-state index in [0.29, 0.717) is 12.2 Å². The number of carbonyl (C=O) groups is 1. The summed E-state index contributed by atoms with van der Waals surface area (Å²) >= 11 is 0. The molecule has 0 saturated heterocycles. The Hall–Kier alpha value is -1.85. The minimum absolute atomic E-state index is 0. The molecule has 1 aromatic carbocycles. The lowest BCUT2D eigenvalue weighted by Crippen LogP contribution is -2.35. The third-order valence-electron chi connectivity index (χ3n) is 2.81. The van der Waals surface area contributed by atoms with Crippen LogP contribution in [0.15, 0.2) is 41.3 Å². The molecule has 108 valence electrons. The summed E-state index contributed by atoms with van der Waals surface area (Å²) in [7, 11) is 0. The zero-order valence-electron chi connectivity index (χ0n) is 11.2. The van der Waals surface area contributed by atoms with Gasteiger partial charge in [0.2, 0.25) is 5.91 Å². The highest BCUT2D eigenvalue weighted by Crippen LogP contribution is 2.20. The van der Waals surface area contributed by atoms with Crippen LogP contribution in [0.25, 0.3) is 11.3 Å². The average Bonchev–Trinajstić information content (AvgIpc) is 2.94. The number of aromatic nitrogens is 1. The molecule has 2 aromatic rings. The third-order valence-corrected chi connectivity index (χ3v) is 2.81. The summed E-state index contributed by atoms with van der Waals surface area (Å²) in [6, 6.07) is 6.89. The average molecular weight is 296 g/mol. The smallest absolute Gasteiger partial charge is 0.241 e. The van der Waals surface area contributed by atoms with E-state index in [1.165, 1.54) is 6.39 Å². The van der Waals surface area contributed by atoms with Crippen molar-refractivity contribution < 1.29 is 9.21 Å². The first-order valence-corrected chi connectivity index (χ1v) is 6.26. The van der Waals surface area contributed by atoms with Gasteiger partial charge in [-0.05, 0) is 30.7 Å². The first kappa shape index (κ1) is 16.2. The fraction of sp³-hybridized carbons (Fsp3) is 0.286. The predicted molar refractivity (Wildman–Crippen MR) is 80.7 cm³/mol. The van der Waals surface area contributed by atoms with Gasteiger partial charge in [-0.15, -0.1) is 12.4 Å². The molecule has 0 aliphatic carbocycles. The van der Waals surface area contributed by atoms with Crippen molar-refractivity contribution in [2.75, 3.05) is 5.32 Å². The molecule has 0 radical (unpaired) electrons. The molecule has 0 aliphatic rings. The van der Waals surface area contributed by atoms with E-state index in [-0.39, 0.29) is 18.3 Å². The topological polar surface area (TPSA) is 81.2 Å². The Morgan fingerprint density at radius 1 is 1.40 bits per heavy atom. The van der Waals surface area contributed by atoms with Gasteiger partial charge in [-0.1, -0.05) is 13.3 Å². The number of nitrogens with zero attached hydrogens (tertiary/aromatic N) is 1. The Morgan fingerprint density at radius 3 is 2.65 bits per heavy atom. The summed E-state index contributed by atoms with van der Waals surface area (Å²) in [5.74, 6) is 0.537. The molecule has 1 atom stereocenters. The quantitative estimate of drug-likeness (QED) is 0.888. The number of nitrogens with one attached hydrogen (secondary N) is 1. The van der Waals surface area contributed by atoms with Gasteiger partial charge in [0, 0.05) is 11.3 Å². The van der Waals surface area contributed by atoms with Crippen molar-refractivity contribution in [1.82, 2.24) is 4.98 Å². The van der Waals surface area contributed by atoms with Crippen LogP contribution in [0.5, 0.6) is 0 Å². The van der Waals surface area contributed by atoms with E-state index in [9.17, 15) is 4.79 Å². The highest BCUT2D eigenvalue weighted by Gasteiger charge is 2.12. The van der Waals surface area contributed by atoms with E-state index in [2.05, 4.69) is 10.3 Å². The first-order chi connectivity index (χ1) is 9.20. The van der Waals surface area contributed by atoms with Gasteiger partial charge in [-0.2, -0.15) is 0 Å². The van der Waals surface area contributed by atoms with Crippen LogP contribution in [0, 0.1) is 0 Å². The second-order valence-corrected chi connectivity index (χ2v) is 4.33. The molecular formula is C14H18ClN3O2. The molecule has 0 fully saturated rings. The molecule has 5 nitrogen and oxygen atoms in total. The van der Waals surface area contributed by atoms with Crippen LogP contribution in [0.3, 0.4) is 0 Å². The van der Waals surface area contributed by atoms with Crippen molar-refractivity contribution >= 4 is 24.0 Å². The maximum Gasteiger partial charge on any atom is 0.241 e. The van der Waals surface area contributed by atoms with Crippen molar-refractivity contribution in [2.24, 2.45) is 5.73 Å². The number of halogens is 1. The molecule has 1 amide bonds. The molecule has 1 unspecified atom stereocenters. The minimum Gasteiger partial charge on any atom is -0.444 e. The van der Waals surface area contributed by atoms with Gasteiger partial charge >= 0.3 is 0 Å². The molecular weight excluding hydrogens is 278 g/mol. The fourth-order valence-electron chi connectivity index (χ4n) is 1.75. The molecule has 3 N–H and O–H groups in total. The van der Waals surface area contributed by atoms with Gasteiger partial charge in [0.05, 0.1) is 12.2 Å². The molecule has 1 heterocycles. The highest BCUT2D eigenvalue weighted by molar-refractivity contribution is 5.94. The summed E-state index contributed by atoms with van der Waals surface area (Å²) in [6.07, 6.45) is 4.60. The summed E-state index contributed by atoms with van der Waals surface area (Å²) < 4.78 is 5.19. The second kappa shape index (κ2) is 7.67. The predicted octanol–water partition coefficient (Wildman–Crippen LogP) is 2.83. The number of hydrogen-bond donors (Lipinski definition) is 2. The lowest BCUT2D eigenvalue weighted by Gasteiger charge is -2.11. The summed E-state index contributed by atoms with van der Waals surface area (Å²) in [5.41, 5.74) is 7.38. The third kappa shape index (κ3) is 4.08. The number of oxazole rings is 1. The fourth-order valence-corrected chi connectivity index (χ4v) is 1.75. The Kier molecular flexibility index (Phi) is 6.21. The molecule has 0 bridgehead atoms. The summed E-state index contributed by atoms with van der Waals surface area (Å²) in [5, 5.41) is 2.79. The van der Waals surface area contributed by atoms with E-state index in [1.807, 2.05) is 31.2 Å². The zero-order valence-corrected chi connectivity index (χ0v) is 12.0. The number of rotatable bonds is 5. The molecule has 1 aromatic heterocycles. The number of hydrogen-bond acceptors (Lipinski definition) is 4. The van der Waals surface area contributed by atoms with Gasteiger partial charge < -0.3 is 15.5 Å². The van der Waals surface area contributed by atoms with Crippen LogP contribution in [0.4, 0.5) is 5.69 Å². The number of nitrogens with two attached hydrogens (primary N) is 1. The number of amides is 1. The van der Waals surface area contributed by atoms with Gasteiger partial charge in [-0.3, -0.25) is 4.79 Å².